The van der Waals surface area contributed by atoms with Crippen LogP contribution in [0.5, 0.6) is 11.5 Å². The molecule has 0 bridgehead atoms. The maximum atomic E-state index is 13.2. The first-order chi connectivity index (χ1) is 18.7. The smallest absolute Gasteiger partial charge is 0.387 e. The number of alkyl halides is 2. The molecule has 0 spiro atoms. The van der Waals surface area contributed by atoms with Crippen LogP contribution in [0.4, 0.5) is 25.8 Å². The zero-order valence-corrected chi connectivity index (χ0v) is 21.0. The van der Waals surface area contributed by atoms with Crippen LogP contribution in [0.1, 0.15) is 12.7 Å². The number of halogens is 2. The highest BCUT2D eigenvalue weighted by Gasteiger charge is 2.33. The number of carbonyl (C=O) groups is 2. The molecule has 0 unspecified atom stereocenters. The average Bonchev–Trinajstić information content (AvgIpc) is 3.52. The average molecular weight is 559 g/mol. The Balaban J connectivity index is 1.54. The van der Waals surface area contributed by atoms with Crippen molar-refractivity contribution in [2.24, 2.45) is 4.99 Å². The SMILES string of the molecule is CCOc1ccc(NC(=O)CSC2=N/C(=C/c3ccco3)C(=O)N2c2ccc(OC(F)F)cc2)c([N+](=O)[O-])c1. The summed E-state index contributed by atoms with van der Waals surface area (Å²) >= 11 is 0.901. The highest BCUT2D eigenvalue weighted by atomic mass is 32.2. The van der Waals surface area contributed by atoms with Crippen molar-refractivity contribution in [3.05, 3.63) is 82.4 Å². The molecule has 39 heavy (non-hydrogen) atoms. The number of nitrogens with one attached hydrogen (secondary N) is 1. The lowest BCUT2D eigenvalue weighted by atomic mass is 10.2. The Bertz CT molecular complexity index is 1430. The molecule has 202 valence electrons. The number of benzene rings is 2. The lowest BCUT2D eigenvalue weighted by Gasteiger charge is -2.18. The minimum Gasteiger partial charge on any atom is -0.494 e. The summed E-state index contributed by atoms with van der Waals surface area (Å²) in [4.78, 5) is 42.3. The van der Waals surface area contributed by atoms with E-state index in [9.17, 15) is 28.5 Å². The Labute approximate surface area is 224 Å². The molecule has 2 amide bonds. The topological polar surface area (TPSA) is 137 Å². The number of thioether (sulfide) groups is 1. The molecule has 2 heterocycles. The molecule has 2 aromatic carbocycles. The van der Waals surface area contributed by atoms with Crippen LogP contribution >= 0.6 is 11.8 Å². The van der Waals surface area contributed by atoms with Crippen LogP contribution in [-0.2, 0) is 9.59 Å². The molecule has 1 aliphatic heterocycles. The van der Waals surface area contributed by atoms with E-state index in [4.69, 9.17) is 9.15 Å². The number of nitro benzene ring substituents is 1. The van der Waals surface area contributed by atoms with Crippen LogP contribution in [0.15, 0.2) is 76.0 Å². The van der Waals surface area contributed by atoms with Gasteiger partial charge < -0.3 is 19.2 Å². The van der Waals surface area contributed by atoms with Crippen molar-refractivity contribution >= 4 is 51.9 Å². The zero-order chi connectivity index (χ0) is 27.9. The molecule has 1 N–H and O–H groups in total. The standard InChI is InChI=1S/C25H20F2N4O7S/c1-2-36-18-9-10-19(21(13-18)31(34)35)28-22(32)14-39-25-29-20(12-17-4-3-11-37-17)23(33)30(25)15-5-7-16(8-6-15)38-24(26)27/h3-13,24H,2,14H2,1H3,(H,28,32)/b20-12+. The largest absolute Gasteiger partial charge is 0.494 e. The van der Waals surface area contributed by atoms with Crippen LogP contribution in [0.3, 0.4) is 0 Å². The minimum atomic E-state index is -3.01. The Morgan fingerprint density at radius 3 is 2.62 bits per heavy atom. The van der Waals surface area contributed by atoms with Crippen molar-refractivity contribution in [1.82, 2.24) is 0 Å². The molecule has 0 saturated carbocycles. The number of aliphatic imine (C=N–C) groups is 1. The van der Waals surface area contributed by atoms with Crippen molar-refractivity contribution in [3.8, 4) is 11.5 Å². The molecule has 3 aromatic rings. The summed E-state index contributed by atoms with van der Waals surface area (Å²) in [5.41, 5.74) is -0.0614. The summed E-state index contributed by atoms with van der Waals surface area (Å²) in [5.74, 6) is -0.839. The lowest BCUT2D eigenvalue weighted by Crippen LogP contribution is -2.31. The van der Waals surface area contributed by atoms with E-state index >= 15 is 0 Å². The molecule has 1 aromatic heterocycles. The van der Waals surface area contributed by atoms with Crippen LogP contribution in [0.25, 0.3) is 6.08 Å². The number of anilines is 2. The number of rotatable bonds is 10. The van der Waals surface area contributed by atoms with Crippen LogP contribution < -0.4 is 19.7 Å². The molecular weight excluding hydrogens is 538 g/mol. The van der Waals surface area contributed by atoms with Crippen LogP contribution in [-0.4, -0.2) is 40.9 Å². The number of hydrogen-bond donors (Lipinski definition) is 1. The molecular formula is C25H20F2N4O7S. The van der Waals surface area contributed by atoms with Gasteiger partial charge in [0.2, 0.25) is 5.91 Å². The number of carbonyl (C=O) groups excluding carboxylic acids is 2. The van der Waals surface area contributed by atoms with Crippen molar-refractivity contribution < 1.29 is 37.2 Å². The van der Waals surface area contributed by atoms with E-state index in [0.717, 1.165) is 11.8 Å². The van der Waals surface area contributed by atoms with Gasteiger partial charge in [-0.1, -0.05) is 11.8 Å². The van der Waals surface area contributed by atoms with E-state index in [1.54, 1.807) is 19.1 Å². The summed E-state index contributed by atoms with van der Waals surface area (Å²) in [6.45, 7) is -0.960. The second kappa shape index (κ2) is 12.2. The predicted octanol–water partition coefficient (Wildman–Crippen LogP) is 5.30. The van der Waals surface area contributed by atoms with Gasteiger partial charge in [-0.05, 0) is 55.5 Å². The fourth-order valence-electron chi connectivity index (χ4n) is 3.45. The highest BCUT2D eigenvalue weighted by Crippen LogP contribution is 2.32. The summed E-state index contributed by atoms with van der Waals surface area (Å²) in [6, 6.07) is 12.6. The Morgan fingerprint density at radius 2 is 1.97 bits per heavy atom. The molecule has 0 radical (unpaired) electrons. The predicted molar refractivity (Wildman–Crippen MR) is 140 cm³/mol. The first-order valence-electron chi connectivity index (χ1n) is 11.3. The van der Waals surface area contributed by atoms with E-state index in [0.29, 0.717) is 18.1 Å². The Kier molecular flexibility index (Phi) is 8.56. The van der Waals surface area contributed by atoms with E-state index in [1.165, 1.54) is 59.7 Å². The molecule has 4 rings (SSSR count). The summed E-state index contributed by atoms with van der Waals surface area (Å²) in [5, 5.41) is 14.1. The third-order valence-electron chi connectivity index (χ3n) is 5.06. The molecule has 0 saturated heterocycles. The van der Waals surface area contributed by atoms with Crippen molar-refractivity contribution in [2.45, 2.75) is 13.5 Å². The van der Waals surface area contributed by atoms with Crippen molar-refractivity contribution in [3.63, 3.8) is 0 Å². The van der Waals surface area contributed by atoms with Gasteiger partial charge in [-0.2, -0.15) is 8.78 Å². The van der Waals surface area contributed by atoms with Gasteiger partial charge in [-0.15, -0.1) is 0 Å². The number of nitro groups is 1. The molecule has 14 heteroatoms. The molecule has 1 aliphatic rings. The molecule has 0 fully saturated rings. The maximum absolute atomic E-state index is 13.2. The molecule has 0 atom stereocenters. The minimum absolute atomic E-state index is 0.0166. The monoisotopic (exact) mass is 558 g/mol. The second-order valence-electron chi connectivity index (χ2n) is 7.66. The van der Waals surface area contributed by atoms with Gasteiger partial charge >= 0.3 is 6.61 Å². The third kappa shape index (κ3) is 6.78. The van der Waals surface area contributed by atoms with Crippen molar-refractivity contribution in [1.29, 1.82) is 0 Å². The summed E-state index contributed by atoms with van der Waals surface area (Å²) < 4.78 is 39.9. The number of furan rings is 1. The van der Waals surface area contributed by atoms with Gasteiger partial charge in [0.05, 0.1) is 35.3 Å². The van der Waals surface area contributed by atoms with Gasteiger partial charge in [-0.3, -0.25) is 24.6 Å². The Hall–Kier alpha value is -4.72. The number of amidine groups is 1. The quantitative estimate of drug-likeness (QED) is 0.201. The number of nitrogens with zero attached hydrogens (tertiary/aromatic N) is 3. The lowest BCUT2D eigenvalue weighted by molar-refractivity contribution is -0.384. The normalized spacial score (nSPS) is 14.1. The van der Waals surface area contributed by atoms with E-state index in [2.05, 4.69) is 15.0 Å². The van der Waals surface area contributed by atoms with E-state index in [1.807, 2.05) is 0 Å². The van der Waals surface area contributed by atoms with E-state index in [-0.39, 0.29) is 39.5 Å². The highest BCUT2D eigenvalue weighted by molar-refractivity contribution is 8.14. The zero-order valence-electron chi connectivity index (χ0n) is 20.2. The first kappa shape index (κ1) is 27.3. The van der Waals surface area contributed by atoms with Crippen LogP contribution in [0.2, 0.25) is 0 Å². The van der Waals surface area contributed by atoms with Gasteiger partial charge in [-0.25, -0.2) is 4.99 Å². The second-order valence-corrected chi connectivity index (χ2v) is 8.60. The van der Waals surface area contributed by atoms with E-state index < -0.39 is 23.3 Å². The van der Waals surface area contributed by atoms with Gasteiger partial charge in [0.25, 0.3) is 11.6 Å². The van der Waals surface area contributed by atoms with Gasteiger partial charge in [0, 0.05) is 6.08 Å². The number of hydrogen-bond acceptors (Lipinski definition) is 9. The molecule has 11 nitrogen and oxygen atoms in total. The number of amides is 2. The summed E-state index contributed by atoms with van der Waals surface area (Å²) in [7, 11) is 0. The fraction of sp³-hybridized carbons (Fsp3) is 0.160. The van der Waals surface area contributed by atoms with Gasteiger partial charge in [0.15, 0.2) is 5.17 Å². The molecule has 0 aliphatic carbocycles. The van der Waals surface area contributed by atoms with Crippen molar-refractivity contribution in [2.75, 3.05) is 22.6 Å². The van der Waals surface area contributed by atoms with Crippen LogP contribution in [0, 0.1) is 10.1 Å². The number of ether oxygens (including phenoxy) is 2. The first-order valence-corrected chi connectivity index (χ1v) is 12.3. The summed E-state index contributed by atoms with van der Waals surface area (Å²) in [6.07, 6.45) is 2.84. The Morgan fingerprint density at radius 1 is 1.23 bits per heavy atom. The fourth-order valence-corrected chi connectivity index (χ4v) is 4.26. The maximum Gasteiger partial charge on any atom is 0.387 e. The van der Waals surface area contributed by atoms with Gasteiger partial charge in [0.1, 0.15) is 28.6 Å². The third-order valence-corrected chi connectivity index (χ3v) is 5.99.